The van der Waals surface area contributed by atoms with Crippen molar-refractivity contribution in [3.05, 3.63) is 23.2 Å². The quantitative estimate of drug-likeness (QED) is 0.654. The molecule has 0 spiro atoms. The van der Waals surface area contributed by atoms with Gasteiger partial charge in [-0.05, 0) is 19.1 Å². The molecule has 0 aromatic carbocycles. The van der Waals surface area contributed by atoms with Gasteiger partial charge in [-0.3, -0.25) is 9.78 Å². The van der Waals surface area contributed by atoms with E-state index in [9.17, 15) is 4.79 Å². The average Bonchev–Trinajstić information content (AvgIpc) is 2.73. The molecule has 1 amide bonds. The molecule has 0 aliphatic carbocycles. The van der Waals surface area contributed by atoms with E-state index in [-0.39, 0.29) is 5.91 Å². The second-order valence-electron chi connectivity index (χ2n) is 3.63. The van der Waals surface area contributed by atoms with E-state index in [1.54, 1.807) is 13.1 Å². The fourth-order valence-corrected chi connectivity index (χ4v) is 2.56. The minimum Gasteiger partial charge on any atom is -0.396 e. The Hall–Kier alpha value is -2.06. The molecule has 0 saturated heterocycles. The van der Waals surface area contributed by atoms with E-state index in [0.717, 1.165) is 4.70 Å². The van der Waals surface area contributed by atoms with Gasteiger partial charge in [-0.15, -0.1) is 23.2 Å². The Morgan fingerprint density at radius 1 is 1.61 bits per heavy atom. The predicted molar refractivity (Wildman–Crippen MR) is 74.4 cm³/mol. The van der Waals surface area contributed by atoms with Crippen molar-refractivity contribution < 1.29 is 4.79 Å². The molecule has 2 rings (SSSR count). The number of nitrogens with one attached hydrogen (secondary N) is 1. The van der Waals surface area contributed by atoms with Crippen LogP contribution in [0.5, 0.6) is 0 Å². The van der Waals surface area contributed by atoms with Gasteiger partial charge in [0.2, 0.25) is 0 Å². The second kappa shape index (κ2) is 5.52. The van der Waals surface area contributed by atoms with Crippen LogP contribution in [0.3, 0.4) is 0 Å². The van der Waals surface area contributed by atoms with Crippen LogP contribution >= 0.6 is 11.3 Å². The van der Waals surface area contributed by atoms with Gasteiger partial charge in [0.25, 0.3) is 5.91 Å². The fourth-order valence-electron chi connectivity index (χ4n) is 1.56. The maximum absolute atomic E-state index is 11.9. The van der Waals surface area contributed by atoms with Crippen molar-refractivity contribution in [3.8, 4) is 11.8 Å². The molecular weight excluding hydrogens is 246 g/mol. The van der Waals surface area contributed by atoms with Crippen molar-refractivity contribution in [1.29, 1.82) is 0 Å². The first kappa shape index (κ1) is 12.4. The number of anilines is 1. The number of thiophene rings is 1. The Morgan fingerprint density at radius 2 is 2.44 bits per heavy atom. The van der Waals surface area contributed by atoms with E-state index in [2.05, 4.69) is 22.1 Å². The summed E-state index contributed by atoms with van der Waals surface area (Å²) in [6.45, 7) is 2.30. The maximum atomic E-state index is 11.9. The van der Waals surface area contributed by atoms with Crippen molar-refractivity contribution in [2.24, 2.45) is 0 Å². The number of fused-ring (bicyclic) bond motifs is 1. The van der Waals surface area contributed by atoms with E-state index >= 15 is 0 Å². The third kappa shape index (κ3) is 2.44. The third-order valence-corrected chi connectivity index (χ3v) is 3.56. The number of aromatic nitrogens is 1. The molecule has 3 N–H and O–H groups in total. The summed E-state index contributed by atoms with van der Waals surface area (Å²) in [6, 6.07) is 3.74. The lowest BCUT2D eigenvalue weighted by molar-refractivity contribution is 0.0959. The van der Waals surface area contributed by atoms with Crippen LogP contribution in [0.15, 0.2) is 18.3 Å². The lowest BCUT2D eigenvalue weighted by atomic mass is 10.3. The van der Waals surface area contributed by atoms with Gasteiger partial charge in [0.1, 0.15) is 10.4 Å². The van der Waals surface area contributed by atoms with E-state index in [4.69, 9.17) is 5.73 Å². The normalized spacial score (nSPS) is 9.83. The molecular formula is C13H13N3OS. The molecule has 0 fully saturated rings. The highest BCUT2D eigenvalue weighted by atomic mass is 32.1. The van der Waals surface area contributed by atoms with Crippen molar-refractivity contribution in [3.63, 3.8) is 0 Å². The van der Waals surface area contributed by atoms with Crippen molar-refractivity contribution in [2.75, 3.05) is 12.3 Å². The van der Waals surface area contributed by atoms with Gasteiger partial charge in [-0.1, -0.05) is 0 Å². The zero-order chi connectivity index (χ0) is 13.0. The van der Waals surface area contributed by atoms with E-state index in [0.29, 0.717) is 29.0 Å². The summed E-state index contributed by atoms with van der Waals surface area (Å²) < 4.78 is 0.925. The van der Waals surface area contributed by atoms with Crippen LogP contribution in [0.4, 0.5) is 5.69 Å². The number of carbonyl (C=O) groups is 1. The lowest BCUT2D eigenvalue weighted by Crippen LogP contribution is -2.24. The summed E-state index contributed by atoms with van der Waals surface area (Å²) in [5, 5.41) is 2.80. The topological polar surface area (TPSA) is 68.0 Å². The largest absolute Gasteiger partial charge is 0.396 e. The molecule has 0 unspecified atom stereocenters. The molecule has 18 heavy (non-hydrogen) atoms. The van der Waals surface area contributed by atoms with Crippen LogP contribution in [0, 0.1) is 11.8 Å². The van der Waals surface area contributed by atoms with Crippen LogP contribution in [0.25, 0.3) is 10.2 Å². The molecule has 0 saturated carbocycles. The molecule has 5 heteroatoms. The molecule has 0 aliphatic rings. The SMILES string of the molecule is CC#CCCNC(=O)c1sc2cccnc2c1N. The number of pyridine rings is 1. The van der Waals surface area contributed by atoms with E-state index < -0.39 is 0 Å². The Balaban J connectivity index is 2.17. The number of nitrogens with zero attached hydrogens (tertiary/aromatic N) is 1. The highest BCUT2D eigenvalue weighted by Gasteiger charge is 2.16. The van der Waals surface area contributed by atoms with Gasteiger partial charge in [0, 0.05) is 19.2 Å². The number of nitrogen functional groups attached to an aromatic ring is 1. The van der Waals surface area contributed by atoms with Gasteiger partial charge in [-0.25, -0.2) is 0 Å². The highest BCUT2D eigenvalue weighted by Crippen LogP contribution is 2.31. The number of hydrogen-bond donors (Lipinski definition) is 2. The summed E-state index contributed by atoms with van der Waals surface area (Å²) in [5.41, 5.74) is 7.08. The summed E-state index contributed by atoms with van der Waals surface area (Å²) in [7, 11) is 0. The van der Waals surface area contributed by atoms with Gasteiger partial charge < -0.3 is 11.1 Å². The number of nitrogens with two attached hydrogens (primary N) is 1. The van der Waals surface area contributed by atoms with Crippen LogP contribution < -0.4 is 11.1 Å². The van der Waals surface area contributed by atoms with Gasteiger partial charge in [0.05, 0.1) is 10.4 Å². The molecule has 0 atom stereocenters. The first-order chi connectivity index (χ1) is 8.74. The minimum atomic E-state index is -0.159. The Morgan fingerprint density at radius 3 is 3.17 bits per heavy atom. The van der Waals surface area contributed by atoms with Gasteiger partial charge in [-0.2, -0.15) is 0 Å². The molecule has 92 valence electrons. The Bertz CT molecular complexity index is 636. The monoisotopic (exact) mass is 259 g/mol. The summed E-state index contributed by atoms with van der Waals surface area (Å²) in [5.74, 6) is 5.51. The Kier molecular flexibility index (Phi) is 3.80. The number of hydrogen-bond acceptors (Lipinski definition) is 4. The molecule has 2 heterocycles. The first-order valence-electron chi connectivity index (χ1n) is 5.55. The summed E-state index contributed by atoms with van der Waals surface area (Å²) in [4.78, 5) is 16.6. The molecule has 4 nitrogen and oxygen atoms in total. The predicted octanol–water partition coefficient (Wildman–Crippen LogP) is 2.02. The first-order valence-corrected chi connectivity index (χ1v) is 6.36. The van der Waals surface area contributed by atoms with Crippen molar-refractivity contribution in [1.82, 2.24) is 10.3 Å². The average molecular weight is 259 g/mol. The zero-order valence-corrected chi connectivity index (χ0v) is 10.8. The molecule has 2 aromatic rings. The molecule has 0 aliphatic heterocycles. The fraction of sp³-hybridized carbons (Fsp3) is 0.231. The second-order valence-corrected chi connectivity index (χ2v) is 4.68. The van der Waals surface area contributed by atoms with Crippen LogP contribution in [-0.2, 0) is 0 Å². The number of carbonyl (C=O) groups excluding carboxylic acids is 1. The van der Waals surface area contributed by atoms with E-state index in [1.165, 1.54) is 11.3 Å². The van der Waals surface area contributed by atoms with Crippen LogP contribution in [0.2, 0.25) is 0 Å². The van der Waals surface area contributed by atoms with E-state index in [1.807, 2.05) is 12.1 Å². The zero-order valence-electron chi connectivity index (χ0n) is 9.99. The molecule has 0 radical (unpaired) electrons. The Labute approximate surface area is 109 Å². The maximum Gasteiger partial charge on any atom is 0.263 e. The highest BCUT2D eigenvalue weighted by molar-refractivity contribution is 7.21. The number of amides is 1. The summed E-state index contributed by atoms with van der Waals surface area (Å²) >= 11 is 1.36. The summed E-state index contributed by atoms with van der Waals surface area (Å²) in [6.07, 6.45) is 2.31. The smallest absolute Gasteiger partial charge is 0.263 e. The standard InChI is InChI=1S/C13H13N3OS/c1-2-3-4-7-16-13(17)12-10(14)11-9(18-12)6-5-8-15-11/h5-6,8H,4,7,14H2,1H3,(H,16,17). The van der Waals surface area contributed by atoms with Crippen molar-refractivity contribution >= 4 is 33.1 Å². The van der Waals surface area contributed by atoms with Gasteiger partial charge >= 0.3 is 0 Å². The molecule has 2 aromatic heterocycles. The minimum absolute atomic E-state index is 0.159. The van der Waals surface area contributed by atoms with Crippen LogP contribution in [-0.4, -0.2) is 17.4 Å². The van der Waals surface area contributed by atoms with Crippen LogP contribution in [0.1, 0.15) is 23.0 Å². The lowest BCUT2D eigenvalue weighted by Gasteiger charge is -2.00. The number of rotatable bonds is 3. The van der Waals surface area contributed by atoms with Gasteiger partial charge in [0.15, 0.2) is 0 Å². The van der Waals surface area contributed by atoms with Crippen molar-refractivity contribution in [2.45, 2.75) is 13.3 Å². The third-order valence-electron chi connectivity index (χ3n) is 2.40. The molecule has 0 bridgehead atoms.